The van der Waals surface area contributed by atoms with Gasteiger partial charge in [0.05, 0.1) is 6.61 Å². The number of carbonyl (C=O) groups is 1. The number of rotatable bonds is 6. The maximum atomic E-state index is 12.4. The van der Waals surface area contributed by atoms with Crippen molar-refractivity contribution in [1.29, 1.82) is 0 Å². The first-order valence-electron chi connectivity index (χ1n) is 7.41. The highest BCUT2D eigenvalue weighted by Crippen LogP contribution is 2.43. The summed E-state index contributed by atoms with van der Waals surface area (Å²) in [6, 6.07) is 0.915. The average Bonchev–Trinajstić information content (AvgIpc) is 2.86. The van der Waals surface area contributed by atoms with Gasteiger partial charge in [0.2, 0.25) is 5.91 Å². The first-order chi connectivity index (χ1) is 12.1. The number of hydrogen-bond acceptors (Lipinski definition) is 8. The molecule has 146 valence electrons. The molecule has 0 aliphatic carbocycles. The lowest BCUT2D eigenvalue weighted by Gasteiger charge is -2.20. The zero-order chi connectivity index (χ0) is 19.6. The zero-order valence-electron chi connectivity index (χ0n) is 13.5. The minimum atomic E-state index is -5.02. The van der Waals surface area contributed by atoms with Crippen LogP contribution in [-0.4, -0.2) is 60.1 Å². The third kappa shape index (κ3) is 4.27. The van der Waals surface area contributed by atoms with Gasteiger partial charge >= 0.3 is 13.5 Å². The van der Waals surface area contributed by atoms with Gasteiger partial charge in [0.1, 0.15) is 18.3 Å². The second-order valence-corrected chi connectivity index (χ2v) is 6.56. The third-order valence-corrected chi connectivity index (χ3v) is 4.11. The van der Waals surface area contributed by atoms with E-state index in [-0.39, 0.29) is 6.42 Å². The van der Waals surface area contributed by atoms with E-state index in [2.05, 4.69) is 9.95 Å². The molecule has 1 aromatic rings. The van der Waals surface area contributed by atoms with E-state index in [1.165, 1.54) is 6.92 Å². The molecule has 0 aromatic carbocycles. The first-order valence-corrected chi connectivity index (χ1v) is 8.94. The lowest BCUT2D eigenvalue weighted by Crippen LogP contribution is -2.48. The van der Waals surface area contributed by atoms with Crippen molar-refractivity contribution in [2.45, 2.75) is 37.9 Å². The molecule has 1 aliphatic heterocycles. The maximum Gasteiger partial charge on any atom is 0.470 e. The summed E-state index contributed by atoms with van der Waals surface area (Å²) in [4.78, 5) is 53.5. The maximum absolute atomic E-state index is 12.4. The van der Waals surface area contributed by atoms with E-state index >= 15 is 0 Å². The first kappa shape index (κ1) is 20.5. The minimum absolute atomic E-state index is 0.00584. The van der Waals surface area contributed by atoms with Gasteiger partial charge in [-0.1, -0.05) is 6.92 Å². The van der Waals surface area contributed by atoms with Crippen molar-refractivity contribution in [2.24, 2.45) is 0 Å². The van der Waals surface area contributed by atoms with Crippen LogP contribution in [0.5, 0.6) is 0 Å². The minimum Gasteiger partial charge on any atom is -0.394 e. The van der Waals surface area contributed by atoms with Crippen LogP contribution < -0.4 is 16.7 Å². The Hall–Kier alpha value is -1.86. The summed E-state index contributed by atoms with van der Waals surface area (Å²) in [7, 11) is -5.02. The predicted molar refractivity (Wildman–Crippen MR) is 83.5 cm³/mol. The van der Waals surface area contributed by atoms with Crippen LogP contribution in [0.3, 0.4) is 0 Å². The Morgan fingerprint density at radius 1 is 1.42 bits per heavy atom. The predicted octanol–water partition coefficient (Wildman–Crippen LogP) is -2.78. The van der Waals surface area contributed by atoms with Gasteiger partial charge in [-0.2, -0.15) is 4.68 Å². The highest BCUT2D eigenvalue weighted by molar-refractivity contribution is 7.46. The van der Waals surface area contributed by atoms with E-state index in [4.69, 9.17) is 14.5 Å². The summed E-state index contributed by atoms with van der Waals surface area (Å²) >= 11 is 0. The van der Waals surface area contributed by atoms with Crippen LogP contribution in [0.15, 0.2) is 21.9 Å². The molecule has 1 aliphatic rings. The molecule has 5 N–H and O–H groups in total. The SMILES string of the molecule is CCC(=O)Nn1c(=O)ccn([C@@H]2O[C@H](CO)[C@@H](OP(=O)(O)O)[C@H]2O)c1=O. The third-order valence-electron chi connectivity index (χ3n) is 3.59. The quantitative estimate of drug-likeness (QED) is 0.315. The Bertz CT molecular complexity index is 829. The molecule has 1 fully saturated rings. The van der Waals surface area contributed by atoms with Gasteiger partial charge in [0.25, 0.3) is 5.56 Å². The molecule has 14 heteroatoms. The van der Waals surface area contributed by atoms with Crippen molar-refractivity contribution < 1.29 is 38.6 Å². The Labute approximate surface area is 145 Å². The van der Waals surface area contributed by atoms with Gasteiger partial charge in [0.15, 0.2) is 6.23 Å². The van der Waals surface area contributed by atoms with Crippen LogP contribution in [0.2, 0.25) is 0 Å². The van der Waals surface area contributed by atoms with E-state index in [1.54, 1.807) is 0 Å². The van der Waals surface area contributed by atoms with Crippen LogP contribution in [0.1, 0.15) is 19.6 Å². The van der Waals surface area contributed by atoms with Crippen LogP contribution in [0, 0.1) is 0 Å². The molecule has 1 saturated heterocycles. The molecule has 13 nitrogen and oxygen atoms in total. The normalized spacial score (nSPS) is 26.0. The number of aliphatic hydroxyl groups is 2. The highest BCUT2D eigenvalue weighted by Gasteiger charge is 2.48. The Morgan fingerprint density at radius 2 is 2.08 bits per heavy atom. The van der Waals surface area contributed by atoms with E-state index < -0.39 is 56.1 Å². The number of amides is 1. The largest absolute Gasteiger partial charge is 0.470 e. The molecular formula is C12H18N3O10P. The van der Waals surface area contributed by atoms with Crippen molar-refractivity contribution in [3.63, 3.8) is 0 Å². The van der Waals surface area contributed by atoms with Crippen LogP contribution in [0.25, 0.3) is 0 Å². The molecule has 1 aromatic heterocycles. The van der Waals surface area contributed by atoms with Crippen LogP contribution in [0.4, 0.5) is 0 Å². The number of hydrogen-bond donors (Lipinski definition) is 5. The molecule has 0 spiro atoms. The summed E-state index contributed by atoms with van der Waals surface area (Å²) in [6.45, 7) is 0.737. The second-order valence-electron chi connectivity index (χ2n) is 5.37. The Morgan fingerprint density at radius 3 is 2.62 bits per heavy atom. The van der Waals surface area contributed by atoms with Crippen molar-refractivity contribution in [3.05, 3.63) is 33.1 Å². The summed E-state index contributed by atoms with van der Waals surface area (Å²) in [6.07, 6.45) is -5.30. The molecule has 4 atom stereocenters. The number of aliphatic hydroxyl groups excluding tert-OH is 2. The molecule has 1 amide bonds. The van der Waals surface area contributed by atoms with Gasteiger partial charge < -0.3 is 24.7 Å². The molecule has 2 rings (SSSR count). The number of nitrogens with one attached hydrogen (secondary N) is 1. The van der Waals surface area contributed by atoms with Gasteiger partial charge in [0, 0.05) is 18.7 Å². The number of nitrogens with zero attached hydrogens (tertiary/aromatic N) is 2. The fourth-order valence-electron chi connectivity index (χ4n) is 2.38. The zero-order valence-corrected chi connectivity index (χ0v) is 14.4. The molecule has 0 bridgehead atoms. The molecule has 0 radical (unpaired) electrons. The fraction of sp³-hybridized carbons (Fsp3) is 0.583. The van der Waals surface area contributed by atoms with Crippen LogP contribution in [-0.2, 0) is 18.6 Å². The van der Waals surface area contributed by atoms with E-state index in [0.29, 0.717) is 4.68 Å². The number of phosphoric acid groups is 1. The van der Waals surface area contributed by atoms with Gasteiger partial charge in [-0.3, -0.25) is 24.1 Å². The average molecular weight is 395 g/mol. The van der Waals surface area contributed by atoms with Gasteiger partial charge in [-0.05, 0) is 0 Å². The number of carbonyl (C=O) groups excluding carboxylic acids is 1. The Balaban J connectivity index is 2.41. The number of aromatic nitrogens is 2. The second kappa shape index (κ2) is 7.80. The molecule has 0 saturated carbocycles. The van der Waals surface area contributed by atoms with E-state index in [9.17, 15) is 29.2 Å². The lowest BCUT2D eigenvalue weighted by molar-refractivity contribution is -0.116. The standard InChI is InChI=1S/C12H18N3O10P/c1-2-7(17)13-15-8(18)3-4-14(12(15)20)11-9(19)10(6(5-16)24-11)25-26(21,22)23/h3-4,6,9-11,16,19H,2,5H2,1H3,(H,13,17)(H2,21,22,23)/t6-,9-,10-,11-/m1/s1. The summed E-state index contributed by atoms with van der Waals surface area (Å²) < 4.78 is 21.8. The smallest absolute Gasteiger partial charge is 0.394 e. The number of phosphoric ester groups is 1. The number of ether oxygens (including phenoxy) is 1. The van der Waals surface area contributed by atoms with Crippen molar-refractivity contribution in [2.75, 3.05) is 12.0 Å². The summed E-state index contributed by atoms with van der Waals surface area (Å²) in [5.41, 5.74) is 0.154. The topological polar surface area (TPSA) is 190 Å². The highest BCUT2D eigenvalue weighted by atomic mass is 31.2. The molecule has 2 heterocycles. The molecule has 0 unspecified atom stereocenters. The monoisotopic (exact) mass is 395 g/mol. The van der Waals surface area contributed by atoms with Crippen molar-refractivity contribution in [1.82, 2.24) is 9.24 Å². The molecular weight excluding hydrogens is 377 g/mol. The van der Waals surface area contributed by atoms with Crippen molar-refractivity contribution >= 4 is 13.7 Å². The van der Waals surface area contributed by atoms with Crippen molar-refractivity contribution in [3.8, 4) is 0 Å². The van der Waals surface area contributed by atoms with Gasteiger partial charge in [-0.15, -0.1) is 0 Å². The molecule has 26 heavy (non-hydrogen) atoms. The van der Waals surface area contributed by atoms with E-state index in [1.807, 2.05) is 0 Å². The van der Waals surface area contributed by atoms with Gasteiger partial charge in [-0.25, -0.2) is 9.36 Å². The summed E-state index contributed by atoms with van der Waals surface area (Å²) in [5, 5.41) is 19.5. The lowest BCUT2D eigenvalue weighted by atomic mass is 10.1. The van der Waals surface area contributed by atoms with E-state index in [0.717, 1.165) is 16.8 Å². The summed E-state index contributed by atoms with van der Waals surface area (Å²) in [5.74, 6) is -0.620. The fourth-order valence-corrected chi connectivity index (χ4v) is 2.96. The van der Waals surface area contributed by atoms with Crippen LogP contribution >= 0.6 is 7.82 Å². The Kier molecular flexibility index (Phi) is 6.13.